The molecule has 0 radical (unpaired) electrons. The molecular formula is C23H38OSi. The molecule has 0 amide bonds. The molecule has 0 fully saturated rings. The van der Waals surface area contributed by atoms with Crippen LogP contribution in [0.5, 0.6) is 0 Å². The molecule has 0 aromatic heterocycles. The van der Waals surface area contributed by atoms with E-state index in [-0.39, 0.29) is 5.04 Å². The Morgan fingerprint density at radius 2 is 1.52 bits per heavy atom. The van der Waals surface area contributed by atoms with Gasteiger partial charge in [-0.1, -0.05) is 68.3 Å². The summed E-state index contributed by atoms with van der Waals surface area (Å²) in [4.78, 5) is 0. The van der Waals surface area contributed by atoms with Crippen LogP contribution >= 0.6 is 0 Å². The van der Waals surface area contributed by atoms with Gasteiger partial charge < -0.3 is 4.43 Å². The molecule has 1 aromatic rings. The lowest BCUT2D eigenvalue weighted by atomic mass is 10.1. The number of hydrogen-bond donors (Lipinski definition) is 0. The summed E-state index contributed by atoms with van der Waals surface area (Å²) in [5, 5.41) is 0.265. The van der Waals surface area contributed by atoms with Gasteiger partial charge in [-0.2, -0.15) is 0 Å². The summed E-state index contributed by atoms with van der Waals surface area (Å²) in [6.07, 6.45) is 8.00. The van der Waals surface area contributed by atoms with Gasteiger partial charge in [0.2, 0.25) is 0 Å². The van der Waals surface area contributed by atoms with E-state index in [0.717, 1.165) is 25.9 Å². The lowest BCUT2D eigenvalue weighted by Crippen LogP contribution is -2.40. The fourth-order valence-electron chi connectivity index (χ4n) is 2.23. The van der Waals surface area contributed by atoms with Crippen molar-refractivity contribution < 1.29 is 4.43 Å². The maximum absolute atomic E-state index is 6.30. The third-order valence-corrected chi connectivity index (χ3v) is 9.68. The number of hydrogen-bond acceptors (Lipinski definition) is 1. The highest BCUT2D eigenvalue weighted by atomic mass is 28.4. The Hall–Kier alpha value is -1.12. The average Bonchev–Trinajstić information content (AvgIpc) is 2.50. The van der Waals surface area contributed by atoms with Crippen LogP contribution in [-0.4, -0.2) is 8.32 Å². The summed E-state index contributed by atoms with van der Waals surface area (Å²) >= 11 is 0. The van der Waals surface area contributed by atoms with Crippen LogP contribution in [0.15, 0.2) is 47.6 Å². The molecule has 0 atom stereocenters. The molecule has 0 unspecified atom stereocenters. The molecule has 0 aliphatic rings. The highest BCUT2D eigenvalue weighted by Gasteiger charge is 2.36. The summed E-state index contributed by atoms with van der Waals surface area (Å²) in [5.41, 5.74) is 5.53. The van der Waals surface area contributed by atoms with Crippen LogP contribution in [0.1, 0.15) is 65.5 Å². The first-order valence-electron chi connectivity index (χ1n) is 9.52. The van der Waals surface area contributed by atoms with E-state index in [9.17, 15) is 0 Å². The highest BCUT2D eigenvalue weighted by molar-refractivity contribution is 6.74. The van der Waals surface area contributed by atoms with Crippen molar-refractivity contribution >= 4 is 8.32 Å². The van der Waals surface area contributed by atoms with Crippen LogP contribution in [0.3, 0.4) is 0 Å². The summed E-state index contributed by atoms with van der Waals surface area (Å²) < 4.78 is 6.30. The van der Waals surface area contributed by atoms with Gasteiger partial charge in [-0.25, -0.2) is 0 Å². The zero-order valence-corrected chi connectivity index (χ0v) is 18.7. The van der Waals surface area contributed by atoms with Gasteiger partial charge in [0.1, 0.15) is 0 Å². The van der Waals surface area contributed by atoms with E-state index >= 15 is 0 Å². The van der Waals surface area contributed by atoms with Crippen LogP contribution < -0.4 is 0 Å². The van der Waals surface area contributed by atoms with Crippen molar-refractivity contribution in [2.75, 3.05) is 0 Å². The molecule has 0 heterocycles. The van der Waals surface area contributed by atoms with Crippen LogP contribution in [0.25, 0.3) is 0 Å². The number of benzene rings is 1. The Kier molecular flexibility index (Phi) is 8.36. The highest BCUT2D eigenvalue weighted by Crippen LogP contribution is 2.37. The minimum atomic E-state index is -1.67. The van der Waals surface area contributed by atoms with Gasteiger partial charge in [0.05, 0.1) is 6.61 Å². The van der Waals surface area contributed by atoms with Crippen LogP contribution in [0.2, 0.25) is 18.1 Å². The van der Waals surface area contributed by atoms with Crippen molar-refractivity contribution in [2.24, 2.45) is 0 Å². The van der Waals surface area contributed by atoms with Crippen molar-refractivity contribution in [3.63, 3.8) is 0 Å². The second kappa shape index (κ2) is 9.54. The lowest BCUT2D eigenvalue weighted by molar-refractivity contribution is 0.276. The van der Waals surface area contributed by atoms with E-state index in [0.29, 0.717) is 0 Å². The minimum Gasteiger partial charge on any atom is -0.413 e. The summed E-state index contributed by atoms with van der Waals surface area (Å²) in [7, 11) is -1.67. The van der Waals surface area contributed by atoms with E-state index in [2.05, 4.69) is 91.1 Å². The van der Waals surface area contributed by atoms with Gasteiger partial charge in [-0.3, -0.25) is 0 Å². The van der Waals surface area contributed by atoms with Gasteiger partial charge in [0.15, 0.2) is 8.32 Å². The molecule has 0 saturated heterocycles. The van der Waals surface area contributed by atoms with Gasteiger partial charge in [-0.05, 0) is 69.3 Å². The molecule has 0 aliphatic heterocycles. The van der Waals surface area contributed by atoms with Crippen LogP contribution in [-0.2, 0) is 17.5 Å². The first-order chi connectivity index (χ1) is 11.5. The maximum atomic E-state index is 6.30. The molecule has 25 heavy (non-hydrogen) atoms. The standard InChI is InChI=1S/C23H38OSi/c1-19(2)10-9-11-20(3)12-13-21-14-16-22(17-15-21)18-24-25(7,8)23(4,5)6/h10,12,14-17H,9,11,13,18H2,1-8H3. The Morgan fingerprint density at radius 1 is 0.960 bits per heavy atom. The largest absolute Gasteiger partial charge is 0.413 e. The summed E-state index contributed by atoms with van der Waals surface area (Å²) in [5.74, 6) is 0. The smallest absolute Gasteiger partial charge is 0.192 e. The third kappa shape index (κ3) is 8.20. The van der Waals surface area contributed by atoms with Gasteiger partial charge >= 0.3 is 0 Å². The molecule has 2 heteroatoms. The summed E-state index contributed by atoms with van der Waals surface area (Å²) in [6.45, 7) is 18.8. The van der Waals surface area contributed by atoms with Gasteiger partial charge in [0.25, 0.3) is 0 Å². The van der Waals surface area contributed by atoms with Crippen molar-refractivity contribution in [1.29, 1.82) is 0 Å². The number of rotatable bonds is 8. The zero-order chi connectivity index (χ0) is 19.1. The van der Waals surface area contributed by atoms with Gasteiger partial charge in [-0.15, -0.1) is 0 Å². The van der Waals surface area contributed by atoms with Crippen molar-refractivity contribution in [2.45, 2.75) is 85.5 Å². The fraction of sp³-hybridized carbons (Fsp3) is 0.565. The topological polar surface area (TPSA) is 9.23 Å². The molecule has 1 nitrogen and oxygen atoms in total. The lowest BCUT2D eigenvalue weighted by Gasteiger charge is -2.36. The predicted octanol–water partition coefficient (Wildman–Crippen LogP) is 7.44. The van der Waals surface area contributed by atoms with E-state index in [4.69, 9.17) is 4.43 Å². The van der Waals surface area contributed by atoms with Gasteiger partial charge in [0, 0.05) is 0 Å². The molecule has 0 aliphatic carbocycles. The second-order valence-electron chi connectivity index (χ2n) is 8.94. The zero-order valence-electron chi connectivity index (χ0n) is 17.7. The third-order valence-electron chi connectivity index (χ3n) is 5.21. The summed E-state index contributed by atoms with van der Waals surface area (Å²) in [6, 6.07) is 8.91. The molecular weight excluding hydrogens is 320 g/mol. The fourth-order valence-corrected chi connectivity index (χ4v) is 3.20. The van der Waals surface area contributed by atoms with Crippen LogP contribution in [0.4, 0.5) is 0 Å². The Morgan fingerprint density at radius 3 is 2.04 bits per heavy atom. The molecule has 1 rings (SSSR count). The minimum absolute atomic E-state index is 0.265. The Balaban J connectivity index is 2.52. The Labute approximate surface area is 157 Å². The molecule has 1 aromatic carbocycles. The monoisotopic (exact) mass is 358 g/mol. The van der Waals surface area contributed by atoms with E-state index in [1.807, 2.05) is 0 Å². The van der Waals surface area contributed by atoms with Crippen molar-refractivity contribution in [3.8, 4) is 0 Å². The molecule has 0 bridgehead atoms. The van der Waals surface area contributed by atoms with E-state index in [1.54, 1.807) is 0 Å². The quantitative estimate of drug-likeness (QED) is 0.346. The van der Waals surface area contributed by atoms with E-state index in [1.165, 1.54) is 22.3 Å². The van der Waals surface area contributed by atoms with Crippen molar-refractivity contribution in [3.05, 3.63) is 58.7 Å². The normalized spacial score (nSPS) is 13.0. The average molecular weight is 359 g/mol. The maximum Gasteiger partial charge on any atom is 0.192 e. The van der Waals surface area contributed by atoms with E-state index < -0.39 is 8.32 Å². The molecule has 0 N–H and O–H groups in total. The second-order valence-corrected chi connectivity index (χ2v) is 13.7. The van der Waals surface area contributed by atoms with Crippen molar-refractivity contribution in [1.82, 2.24) is 0 Å². The molecule has 140 valence electrons. The predicted molar refractivity (Wildman–Crippen MR) is 115 cm³/mol. The SMILES string of the molecule is CC(C)=CCCC(C)=CCc1ccc(CO[Si](C)(C)C(C)(C)C)cc1. The first-order valence-corrected chi connectivity index (χ1v) is 12.4. The first kappa shape index (κ1) is 21.9. The Bertz CT molecular complexity index is 582. The molecule has 0 saturated carbocycles. The number of allylic oxidation sites excluding steroid dienone is 4. The molecule has 0 spiro atoms. The van der Waals surface area contributed by atoms with Crippen LogP contribution in [0, 0.1) is 0 Å².